The molecule has 4 rings (SSSR count). The summed E-state index contributed by atoms with van der Waals surface area (Å²) < 4.78 is 0. The predicted molar refractivity (Wildman–Crippen MR) is 120 cm³/mol. The van der Waals surface area contributed by atoms with E-state index in [1.165, 1.54) is 30.4 Å². The summed E-state index contributed by atoms with van der Waals surface area (Å²) >= 11 is 0. The molecule has 0 bridgehead atoms. The molecule has 0 nitrogen and oxygen atoms in total. The van der Waals surface area contributed by atoms with E-state index in [0.29, 0.717) is 11.8 Å². The third-order valence-electron chi connectivity index (χ3n) is 6.48. The quantitative estimate of drug-likeness (QED) is 0.385. The topological polar surface area (TPSA) is 0 Å². The molecule has 2 atom stereocenters. The average Bonchev–Trinajstić information content (AvgIpc) is 3.58. The van der Waals surface area contributed by atoms with Gasteiger partial charge in [0.05, 0.1) is 0 Å². The lowest BCUT2D eigenvalue weighted by atomic mass is 9.77. The van der Waals surface area contributed by atoms with Crippen LogP contribution in [0.5, 0.6) is 0 Å². The molecule has 1 aliphatic carbocycles. The smallest absolute Gasteiger partial charge is 0.00228 e. The van der Waals surface area contributed by atoms with E-state index in [0.717, 1.165) is 18.8 Å². The Kier molecular flexibility index (Phi) is 5.95. The number of hydrogen-bond acceptors (Lipinski definition) is 0. The Bertz CT molecular complexity index is 874. The molecule has 0 aromatic heterocycles. The van der Waals surface area contributed by atoms with Gasteiger partial charge in [-0.1, -0.05) is 99.1 Å². The molecule has 0 spiro atoms. The summed E-state index contributed by atoms with van der Waals surface area (Å²) in [5.74, 6) is 2.06. The molecule has 28 heavy (non-hydrogen) atoms. The van der Waals surface area contributed by atoms with Crippen LogP contribution in [0, 0.1) is 5.92 Å². The van der Waals surface area contributed by atoms with Gasteiger partial charge in [0.25, 0.3) is 0 Å². The predicted octanol–water partition coefficient (Wildman–Crippen LogP) is 7.53. The van der Waals surface area contributed by atoms with Gasteiger partial charge in [-0.15, -0.1) is 0 Å². The second kappa shape index (κ2) is 8.78. The third kappa shape index (κ3) is 4.38. The van der Waals surface area contributed by atoms with Gasteiger partial charge in [0.1, 0.15) is 0 Å². The maximum Gasteiger partial charge on any atom is -0.00228 e. The molecule has 3 aromatic rings. The zero-order valence-electron chi connectivity index (χ0n) is 17.3. The van der Waals surface area contributed by atoms with Gasteiger partial charge in [0, 0.05) is 0 Å². The lowest BCUT2D eigenvalue weighted by Gasteiger charge is -2.28. The van der Waals surface area contributed by atoms with Gasteiger partial charge in [-0.2, -0.15) is 0 Å². The fourth-order valence-corrected chi connectivity index (χ4v) is 4.57. The zero-order chi connectivity index (χ0) is 19.3. The standard InChI is InChI=1S/C28H32/c1-3-21(2)27(20-23-13-8-5-9-14-23)26-16-10-15-25(28(26)24-17-18-24)19-22-11-6-4-7-12-22/h4-16,21,24,27H,3,17-20H2,1-2H3. The third-order valence-corrected chi connectivity index (χ3v) is 6.48. The minimum atomic E-state index is 0.596. The van der Waals surface area contributed by atoms with Crippen LogP contribution < -0.4 is 0 Å². The SMILES string of the molecule is CCC(C)C(Cc1ccccc1)c1cccc(Cc2ccccc2)c1C1CC1. The molecule has 0 N–H and O–H groups in total. The first-order valence-electron chi connectivity index (χ1n) is 11.0. The van der Waals surface area contributed by atoms with Crippen molar-refractivity contribution >= 4 is 0 Å². The fourth-order valence-electron chi connectivity index (χ4n) is 4.57. The average molecular weight is 369 g/mol. The van der Waals surface area contributed by atoms with E-state index >= 15 is 0 Å². The van der Waals surface area contributed by atoms with Crippen LogP contribution in [0.15, 0.2) is 78.9 Å². The van der Waals surface area contributed by atoms with Crippen LogP contribution in [0.1, 0.15) is 72.8 Å². The summed E-state index contributed by atoms with van der Waals surface area (Å²) in [4.78, 5) is 0. The Morgan fingerprint density at radius 1 is 0.786 bits per heavy atom. The van der Waals surface area contributed by atoms with E-state index < -0.39 is 0 Å². The van der Waals surface area contributed by atoms with Crippen molar-refractivity contribution in [1.29, 1.82) is 0 Å². The van der Waals surface area contributed by atoms with E-state index in [2.05, 4.69) is 92.7 Å². The summed E-state index contributed by atoms with van der Waals surface area (Å²) in [7, 11) is 0. The summed E-state index contributed by atoms with van der Waals surface area (Å²) in [6, 6.07) is 29.1. The van der Waals surface area contributed by atoms with Crippen molar-refractivity contribution in [2.24, 2.45) is 5.92 Å². The summed E-state index contributed by atoms with van der Waals surface area (Å²) in [6.07, 6.45) is 6.14. The highest BCUT2D eigenvalue weighted by Gasteiger charge is 2.32. The highest BCUT2D eigenvalue weighted by Crippen LogP contribution is 2.47. The van der Waals surface area contributed by atoms with Crippen molar-refractivity contribution < 1.29 is 0 Å². The van der Waals surface area contributed by atoms with E-state index in [9.17, 15) is 0 Å². The van der Waals surface area contributed by atoms with Gasteiger partial charge in [-0.3, -0.25) is 0 Å². The van der Waals surface area contributed by atoms with Crippen LogP contribution in [-0.2, 0) is 12.8 Å². The van der Waals surface area contributed by atoms with Gasteiger partial charge in [-0.05, 0) is 71.3 Å². The van der Waals surface area contributed by atoms with Crippen molar-refractivity contribution in [3.63, 3.8) is 0 Å². The van der Waals surface area contributed by atoms with Crippen LogP contribution in [0.25, 0.3) is 0 Å². The first kappa shape index (κ1) is 19.0. The van der Waals surface area contributed by atoms with Crippen LogP contribution >= 0.6 is 0 Å². The first-order chi connectivity index (χ1) is 13.8. The van der Waals surface area contributed by atoms with E-state index in [4.69, 9.17) is 0 Å². The largest absolute Gasteiger partial charge is 0.0651 e. The minimum Gasteiger partial charge on any atom is -0.0651 e. The van der Waals surface area contributed by atoms with Crippen LogP contribution in [0.4, 0.5) is 0 Å². The maximum atomic E-state index is 2.44. The Labute approximate surface area is 170 Å². The molecule has 1 fully saturated rings. The Hall–Kier alpha value is -2.34. The second-order valence-electron chi connectivity index (χ2n) is 8.54. The van der Waals surface area contributed by atoms with Gasteiger partial charge in [0.2, 0.25) is 0 Å². The lowest BCUT2D eigenvalue weighted by Crippen LogP contribution is -2.15. The van der Waals surface area contributed by atoms with Crippen molar-refractivity contribution in [3.05, 3.63) is 107 Å². The highest BCUT2D eigenvalue weighted by atomic mass is 14.4. The van der Waals surface area contributed by atoms with Crippen LogP contribution in [0.3, 0.4) is 0 Å². The summed E-state index contributed by atoms with van der Waals surface area (Å²) in [6.45, 7) is 4.78. The first-order valence-corrected chi connectivity index (χ1v) is 11.0. The van der Waals surface area contributed by atoms with Crippen LogP contribution in [0.2, 0.25) is 0 Å². The molecular weight excluding hydrogens is 336 g/mol. The van der Waals surface area contributed by atoms with Gasteiger partial charge in [0.15, 0.2) is 0 Å². The van der Waals surface area contributed by atoms with E-state index in [1.807, 2.05) is 0 Å². The van der Waals surface area contributed by atoms with Crippen molar-refractivity contribution in [3.8, 4) is 0 Å². The van der Waals surface area contributed by atoms with Crippen molar-refractivity contribution in [2.45, 2.75) is 57.8 Å². The molecule has 0 aliphatic heterocycles. The Balaban J connectivity index is 1.72. The number of rotatable bonds is 8. The van der Waals surface area contributed by atoms with Gasteiger partial charge in [-0.25, -0.2) is 0 Å². The molecule has 2 unspecified atom stereocenters. The molecular formula is C28H32. The maximum absolute atomic E-state index is 2.44. The molecule has 3 aromatic carbocycles. The highest BCUT2D eigenvalue weighted by molar-refractivity contribution is 5.45. The summed E-state index contributed by atoms with van der Waals surface area (Å²) in [5.41, 5.74) is 7.72. The molecule has 1 saturated carbocycles. The van der Waals surface area contributed by atoms with E-state index in [1.54, 1.807) is 16.7 Å². The van der Waals surface area contributed by atoms with Crippen LogP contribution in [-0.4, -0.2) is 0 Å². The molecule has 1 aliphatic rings. The molecule has 144 valence electrons. The monoisotopic (exact) mass is 368 g/mol. The molecule has 0 heteroatoms. The van der Waals surface area contributed by atoms with E-state index in [-0.39, 0.29) is 0 Å². The number of benzene rings is 3. The van der Waals surface area contributed by atoms with Gasteiger partial charge < -0.3 is 0 Å². The Morgan fingerprint density at radius 2 is 1.43 bits per heavy atom. The number of hydrogen-bond donors (Lipinski definition) is 0. The second-order valence-corrected chi connectivity index (χ2v) is 8.54. The minimum absolute atomic E-state index is 0.596. The van der Waals surface area contributed by atoms with Crippen molar-refractivity contribution in [1.82, 2.24) is 0 Å². The molecule has 0 heterocycles. The normalized spacial score (nSPS) is 15.9. The lowest BCUT2D eigenvalue weighted by molar-refractivity contribution is 0.440. The molecule has 0 saturated heterocycles. The van der Waals surface area contributed by atoms with Gasteiger partial charge >= 0.3 is 0 Å². The van der Waals surface area contributed by atoms with Crippen molar-refractivity contribution in [2.75, 3.05) is 0 Å². The summed E-state index contributed by atoms with van der Waals surface area (Å²) in [5, 5.41) is 0. The molecule has 0 radical (unpaired) electrons. The fraction of sp³-hybridized carbons (Fsp3) is 0.357. The zero-order valence-corrected chi connectivity index (χ0v) is 17.3. The Morgan fingerprint density at radius 3 is 2.04 bits per heavy atom. The molecule has 0 amide bonds.